The van der Waals surface area contributed by atoms with Gasteiger partial charge in [0.25, 0.3) is 0 Å². The highest BCUT2D eigenvalue weighted by Gasteiger charge is 2.07. The number of benzene rings is 1. The average Bonchev–Trinajstić information content (AvgIpc) is 2.73. The second-order valence-corrected chi connectivity index (χ2v) is 6.04. The zero-order valence-corrected chi connectivity index (χ0v) is 12.9. The van der Waals surface area contributed by atoms with E-state index in [9.17, 15) is 0 Å². The lowest BCUT2D eigenvalue weighted by Gasteiger charge is -1.97. The number of pyridine rings is 1. The summed E-state index contributed by atoms with van der Waals surface area (Å²) >= 11 is 6.99. The molecule has 2 heterocycles. The Morgan fingerprint density at radius 2 is 1.89 bits per heavy atom. The fourth-order valence-corrected chi connectivity index (χ4v) is 2.98. The molecule has 0 amide bonds. The van der Waals surface area contributed by atoms with E-state index in [0.29, 0.717) is 0 Å². The summed E-state index contributed by atoms with van der Waals surface area (Å²) in [6, 6.07) is 10.3. The molecule has 0 fully saturated rings. The van der Waals surface area contributed by atoms with E-state index in [-0.39, 0.29) is 0 Å². The van der Waals surface area contributed by atoms with Crippen molar-refractivity contribution < 1.29 is 0 Å². The van der Waals surface area contributed by atoms with Crippen molar-refractivity contribution in [1.82, 2.24) is 9.38 Å². The first kappa shape index (κ1) is 11.9. The van der Waals surface area contributed by atoms with Crippen molar-refractivity contribution >= 4 is 37.5 Å². The largest absolute Gasteiger partial charge is 0.305 e. The zero-order chi connectivity index (χ0) is 12.7. The Morgan fingerprint density at radius 3 is 2.67 bits per heavy atom. The van der Waals surface area contributed by atoms with Crippen molar-refractivity contribution in [2.75, 3.05) is 0 Å². The zero-order valence-electron chi connectivity index (χ0n) is 9.69. The molecule has 0 aliphatic carbocycles. The van der Waals surface area contributed by atoms with Crippen LogP contribution in [0.1, 0.15) is 5.56 Å². The third-order valence-electron chi connectivity index (χ3n) is 2.82. The summed E-state index contributed by atoms with van der Waals surface area (Å²) in [5, 5.41) is 0. The highest BCUT2D eigenvalue weighted by Crippen LogP contribution is 2.25. The van der Waals surface area contributed by atoms with Gasteiger partial charge in [-0.25, -0.2) is 4.98 Å². The first-order chi connectivity index (χ1) is 8.63. The molecule has 0 aliphatic rings. The van der Waals surface area contributed by atoms with Gasteiger partial charge in [-0.05, 0) is 46.6 Å². The fraction of sp³-hybridized carbons (Fsp3) is 0.0714. The molecule has 0 saturated heterocycles. The maximum Gasteiger partial charge on any atom is 0.140 e. The van der Waals surface area contributed by atoms with Crippen LogP contribution in [0, 0.1) is 6.92 Å². The molecule has 18 heavy (non-hydrogen) atoms. The van der Waals surface area contributed by atoms with Crippen LogP contribution in [0.25, 0.3) is 16.9 Å². The Kier molecular flexibility index (Phi) is 2.99. The quantitative estimate of drug-likeness (QED) is 0.603. The van der Waals surface area contributed by atoms with E-state index in [2.05, 4.69) is 72.6 Å². The van der Waals surface area contributed by atoms with Gasteiger partial charge >= 0.3 is 0 Å². The van der Waals surface area contributed by atoms with Gasteiger partial charge in [0.15, 0.2) is 0 Å². The summed E-state index contributed by atoms with van der Waals surface area (Å²) in [6.45, 7) is 2.07. The van der Waals surface area contributed by atoms with Crippen LogP contribution in [0.3, 0.4) is 0 Å². The van der Waals surface area contributed by atoms with Crippen LogP contribution in [0.4, 0.5) is 0 Å². The van der Waals surface area contributed by atoms with E-state index in [1.807, 2.05) is 18.3 Å². The smallest absolute Gasteiger partial charge is 0.140 e. The van der Waals surface area contributed by atoms with Crippen LogP contribution in [0.2, 0.25) is 0 Å². The lowest BCUT2D eigenvalue weighted by molar-refractivity contribution is 1.15. The fourth-order valence-electron chi connectivity index (χ4n) is 2.01. The lowest BCUT2D eigenvalue weighted by atomic mass is 10.2. The second kappa shape index (κ2) is 4.52. The van der Waals surface area contributed by atoms with E-state index in [1.165, 1.54) is 0 Å². The molecule has 2 aromatic heterocycles. The molecule has 2 nitrogen and oxygen atoms in total. The van der Waals surface area contributed by atoms with Gasteiger partial charge in [0.1, 0.15) is 5.65 Å². The minimum Gasteiger partial charge on any atom is -0.305 e. The third kappa shape index (κ3) is 2.10. The van der Waals surface area contributed by atoms with Gasteiger partial charge in [0.2, 0.25) is 0 Å². The number of aromatic nitrogens is 2. The van der Waals surface area contributed by atoms with Crippen molar-refractivity contribution in [3.05, 3.63) is 57.2 Å². The SMILES string of the molecule is Cc1cc(Br)cn2cc(-c3cccc(Br)c3)nc12. The summed E-state index contributed by atoms with van der Waals surface area (Å²) < 4.78 is 4.18. The number of halogens is 2. The Bertz CT molecular complexity index is 732. The molecule has 1 aromatic carbocycles. The minimum atomic E-state index is 0.984. The van der Waals surface area contributed by atoms with Crippen LogP contribution in [-0.2, 0) is 0 Å². The standard InChI is InChI=1S/C14H10Br2N2/c1-9-5-12(16)7-18-8-13(17-14(9)18)10-3-2-4-11(15)6-10/h2-8H,1H3. The molecule has 0 saturated carbocycles. The van der Waals surface area contributed by atoms with Crippen molar-refractivity contribution in [1.29, 1.82) is 0 Å². The second-order valence-electron chi connectivity index (χ2n) is 4.21. The predicted octanol–water partition coefficient (Wildman–Crippen LogP) is 4.83. The number of hydrogen-bond acceptors (Lipinski definition) is 1. The van der Waals surface area contributed by atoms with E-state index in [0.717, 1.165) is 31.4 Å². The molecule has 0 bridgehead atoms. The van der Waals surface area contributed by atoms with Gasteiger partial charge in [-0.1, -0.05) is 28.1 Å². The van der Waals surface area contributed by atoms with Crippen molar-refractivity contribution in [2.45, 2.75) is 6.92 Å². The van der Waals surface area contributed by atoms with E-state index < -0.39 is 0 Å². The van der Waals surface area contributed by atoms with E-state index in [4.69, 9.17) is 0 Å². The first-order valence-corrected chi connectivity index (χ1v) is 7.13. The number of hydrogen-bond donors (Lipinski definition) is 0. The maximum atomic E-state index is 4.69. The predicted molar refractivity (Wildman–Crippen MR) is 80.8 cm³/mol. The normalized spacial score (nSPS) is 11.1. The number of aryl methyl sites for hydroxylation is 1. The Hall–Kier alpha value is -1.13. The molecule has 3 aromatic rings. The molecular formula is C14H10Br2N2. The summed E-state index contributed by atoms with van der Waals surface area (Å²) in [7, 11) is 0. The van der Waals surface area contributed by atoms with Crippen LogP contribution in [-0.4, -0.2) is 9.38 Å². The van der Waals surface area contributed by atoms with Gasteiger partial charge < -0.3 is 4.40 Å². The van der Waals surface area contributed by atoms with Crippen LogP contribution >= 0.6 is 31.9 Å². The van der Waals surface area contributed by atoms with Gasteiger partial charge in [0.05, 0.1) is 5.69 Å². The lowest BCUT2D eigenvalue weighted by Crippen LogP contribution is -1.86. The van der Waals surface area contributed by atoms with Gasteiger partial charge in [-0.2, -0.15) is 0 Å². The first-order valence-electron chi connectivity index (χ1n) is 5.54. The summed E-state index contributed by atoms with van der Waals surface area (Å²) in [4.78, 5) is 4.69. The Morgan fingerprint density at radius 1 is 1.06 bits per heavy atom. The van der Waals surface area contributed by atoms with Gasteiger partial charge in [-0.15, -0.1) is 0 Å². The Balaban J connectivity index is 2.22. The number of rotatable bonds is 1. The monoisotopic (exact) mass is 364 g/mol. The highest BCUT2D eigenvalue weighted by atomic mass is 79.9. The summed E-state index contributed by atoms with van der Waals surface area (Å²) in [5.74, 6) is 0. The number of imidazole rings is 1. The molecule has 0 radical (unpaired) electrons. The third-order valence-corrected chi connectivity index (χ3v) is 3.75. The molecule has 0 spiro atoms. The highest BCUT2D eigenvalue weighted by molar-refractivity contribution is 9.10. The van der Waals surface area contributed by atoms with Crippen LogP contribution in [0.15, 0.2) is 51.7 Å². The molecule has 0 aliphatic heterocycles. The van der Waals surface area contributed by atoms with Crippen molar-refractivity contribution in [3.63, 3.8) is 0 Å². The summed E-state index contributed by atoms with van der Waals surface area (Å²) in [6.07, 6.45) is 4.08. The number of fused-ring (bicyclic) bond motifs is 1. The minimum absolute atomic E-state index is 0.984. The Labute approximate surface area is 122 Å². The topological polar surface area (TPSA) is 17.3 Å². The van der Waals surface area contributed by atoms with Crippen LogP contribution in [0.5, 0.6) is 0 Å². The molecular weight excluding hydrogens is 356 g/mol. The van der Waals surface area contributed by atoms with E-state index >= 15 is 0 Å². The molecule has 90 valence electrons. The molecule has 0 atom stereocenters. The molecule has 0 unspecified atom stereocenters. The number of nitrogens with zero attached hydrogens (tertiary/aromatic N) is 2. The molecule has 0 N–H and O–H groups in total. The molecule has 3 rings (SSSR count). The van der Waals surface area contributed by atoms with Gasteiger partial charge in [-0.3, -0.25) is 0 Å². The molecule has 4 heteroatoms. The average molecular weight is 366 g/mol. The van der Waals surface area contributed by atoms with Crippen molar-refractivity contribution in [3.8, 4) is 11.3 Å². The van der Waals surface area contributed by atoms with Crippen LogP contribution < -0.4 is 0 Å². The van der Waals surface area contributed by atoms with Gasteiger partial charge in [0, 0.05) is 26.9 Å². The van der Waals surface area contributed by atoms with Crippen molar-refractivity contribution in [2.24, 2.45) is 0 Å². The maximum absolute atomic E-state index is 4.69. The van der Waals surface area contributed by atoms with E-state index in [1.54, 1.807) is 0 Å². The summed E-state index contributed by atoms with van der Waals surface area (Å²) in [5.41, 5.74) is 4.25.